The number of terminal acetylenes is 1. The standard InChI is InChI=1S/C23H35N3O2.C8H10.C2H6.C2H2/c1-5-7-8-10-16(3)13-21-24-23(28)22(27)20-14-25-12-11-18(9-6-2)17(4)19(25)15-26(20)21;1-7-4-3-5-8(2)6-7;2*1-2/h6,9,16,19,27H,5,7-8,10-15H2,1-4H3;3-6H,1-2H3;1-2H3;1-2H/b9-6-;;;. The van der Waals surface area contributed by atoms with Gasteiger partial charge in [-0.25, -0.2) is 0 Å². The van der Waals surface area contributed by atoms with E-state index in [1.165, 1.54) is 41.5 Å². The van der Waals surface area contributed by atoms with E-state index in [4.69, 9.17) is 0 Å². The maximum Gasteiger partial charge on any atom is 0.315 e. The summed E-state index contributed by atoms with van der Waals surface area (Å²) in [6, 6.07) is 8.76. The van der Waals surface area contributed by atoms with E-state index in [1.54, 1.807) is 0 Å². The first-order valence-corrected chi connectivity index (χ1v) is 15.0. The van der Waals surface area contributed by atoms with Crippen molar-refractivity contribution in [1.82, 2.24) is 14.5 Å². The summed E-state index contributed by atoms with van der Waals surface area (Å²) in [4.78, 5) is 19.0. The molecule has 2 aliphatic rings. The molecule has 2 atom stereocenters. The van der Waals surface area contributed by atoms with E-state index in [-0.39, 0.29) is 5.75 Å². The Morgan fingerprint density at radius 1 is 1.15 bits per heavy atom. The molecule has 0 bridgehead atoms. The van der Waals surface area contributed by atoms with Gasteiger partial charge in [-0.15, -0.1) is 12.8 Å². The minimum atomic E-state index is -0.473. The van der Waals surface area contributed by atoms with E-state index >= 15 is 0 Å². The number of aromatic nitrogens is 2. The van der Waals surface area contributed by atoms with Crippen molar-refractivity contribution < 1.29 is 5.11 Å². The fraction of sp³-hybridized carbons (Fsp3) is 0.543. The molecule has 40 heavy (non-hydrogen) atoms. The summed E-state index contributed by atoms with van der Waals surface area (Å²) in [6.45, 7) is 19.3. The number of rotatable bonds is 7. The number of aromatic hydroxyl groups is 1. The fourth-order valence-corrected chi connectivity index (χ4v) is 5.46. The predicted octanol–water partition coefficient (Wildman–Crippen LogP) is 7.77. The molecule has 4 rings (SSSR count). The van der Waals surface area contributed by atoms with Crippen LogP contribution in [-0.2, 0) is 19.5 Å². The zero-order valence-electron chi connectivity index (χ0n) is 26.3. The molecule has 0 amide bonds. The summed E-state index contributed by atoms with van der Waals surface area (Å²) < 4.78 is 2.14. The Morgan fingerprint density at radius 3 is 2.35 bits per heavy atom. The number of benzene rings is 1. The lowest BCUT2D eigenvalue weighted by Crippen LogP contribution is -2.48. The number of aryl methyl sites for hydroxylation is 2. The summed E-state index contributed by atoms with van der Waals surface area (Å²) in [5, 5.41) is 10.4. The van der Waals surface area contributed by atoms with Crippen molar-refractivity contribution in [3.8, 4) is 18.6 Å². The zero-order valence-corrected chi connectivity index (χ0v) is 26.3. The van der Waals surface area contributed by atoms with Gasteiger partial charge in [0.2, 0.25) is 5.75 Å². The van der Waals surface area contributed by atoms with Crippen molar-refractivity contribution in [2.45, 2.75) is 113 Å². The average molecular weight is 548 g/mol. The van der Waals surface area contributed by atoms with Crippen LogP contribution in [0.15, 0.2) is 52.4 Å². The molecule has 220 valence electrons. The molecule has 5 heteroatoms. The van der Waals surface area contributed by atoms with Crippen LogP contribution in [0.4, 0.5) is 0 Å². The zero-order chi connectivity index (χ0) is 30.2. The van der Waals surface area contributed by atoms with Crippen molar-refractivity contribution in [3.63, 3.8) is 0 Å². The third-order valence-corrected chi connectivity index (χ3v) is 7.54. The minimum Gasteiger partial charge on any atom is -0.502 e. The summed E-state index contributed by atoms with van der Waals surface area (Å²) in [5.41, 5.74) is 5.76. The Labute approximate surface area is 244 Å². The average Bonchev–Trinajstić information content (AvgIpc) is 2.95. The molecule has 0 saturated carbocycles. The van der Waals surface area contributed by atoms with Gasteiger partial charge in [0, 0.05) is 32.1 Å². The van der Waals surface area contributed by atoms with Gasteiger partial charge in [0.05, 0.1) is 5.69 Å². The fourth-order valence-electron chi connectivity index (χ4n) is 5.46. The Hall–Kier alpha value is -3.10. The third kappa shape index (κ3) is 9.82. The second kappa shape index (κ2) is 18.3. The van der Waals surface area contributed by atoms with E-state index in [9.17, 15) is 9.90 Å². The van der Waals surface area contributed by atoms with Crippen molar-refractivity contribution >= 4 is 0 Å². The van der Waals surface area contributed by atoms with Gasteiger partial charge < -0.3 is 9.67 Å². The Balaban J connectivity index is 0.000000561. The molecule has 0 spiro atoms. The van der Waals surface area contributed by atoms with Gasteiger partial charge in [-0.05, 0) is 45.6 Å². The lowest BCUT2D eigenvalue weighted by Gasteiger charge is -2.43. The maximum atomic E-state index is 12.3. The monoisotopic (exact) mass is 547 g/mol. The highest BCUT2D eigenvalue weighted by atomic mass is 16.3. The topological polar surface area (TPSA) is 58.4 Å². The van der Waals surface area contributed by atoms with Crippen molar-refractivity contribution in [3.05, 3.63) is 80.6 Å². The highest BCUT2D eigenvalue weighted by Gasteiger charge is 2.34. The van der Waals surface area contributed by atoms with Gasteiger partial charge in [-0.3, -0.25) is 9.69 Å². The highest BCUT2D eigenvalue weighted by Crippen LogP contribution is 2.33. The first-order valence-electron chi connectivity index (χ1n) is 15.0. The van der Waals surface area contributed by atoms with Crippen LogP contribution in [0, 0.1) is 32.6 Å². The van der Waals surface area contributed by atoms with Crippen LogP contribution in [0.5, 0.6) is 5.75 Å². The quantitative estimate of drug-likeness (QED) is 0.284. The van der Waals surface area contributed by atoms with Gasteiger partial charge in [0.15, 0.2) is 0 Å². The number of unbranched alkanes of at least 4 members (excludes halogenated alkanes) is 2. The lowest BCUT2D eigenvalue weighted by molar-refractivity contribution is 0.145. The van der Waals surface area contributed by atoms with Crippen LogP contribution >= 0.6 is 0 Å². The normalized spacial score (nSPS) is 16.8. The second-order valence-electron chi connectivity index (χ2n) is 10.6. The molecular weight excluding hydrogens is 494 g/mol. The number of allylic oxidation sites excluding steroid dienone is 2. The van der Waals surface area contributed by atoms with Crippen LogP contribution in [-0.4, -0.2) is 32.1 Å². The molecule has 2 aromatic rings. The Bertz CT molecular complexity index is 1170. The predicted molar refractivity (Wildman–Crippen MR) is 171 cm³/mol. The summed E-state index contributed by atoms with van der Waals surface area (Å²) in [7, 11) is 0. The molecule has 0 aliphatic carbocycles. The Morgan fingerprint density at radius 2 is 1.80 bits per heavy atom. The van der Waals surface area contributed by atoms with E-state index in [1.807, 2.05) is 13.8 Å². The summed E-state index contributed by atoms with van der Waals surface area (Å²) >= 11 is 0. The first kappa shape index (κ1) is 34.9. The van der Waals surface area contributed by atoms with E-state index < -0.39 is 5.56 Å². The Kier molecular flexibility index (Phi) is 16.0. The molecule has 1 N–H and O–H groups in total. The highest BCUT2D eigenvalue weighted by molar-refractivity contribution is 5.34. The lowest BCUT2D eigenvalue weighted by atomic mass is 9.91. The van der Waals surface area contributed by atoms with Crippen LogP contribution in [0.25, 0.3) is 0 Å². The van der Waals surface area contributed by atoms with Crippen molar-refractivity contribution in [2.75, 3.05) is 6.54 Å². The molecule has 0 fully saturated rings. The molecule has 0 radical (unpaired) electrons. The molecule has 1 aromatic carbocycles. The van der Waals surface area contributed by atoms with Crippen LogP contribution < -0.4 is 5.56 Å². The van der Waals surface area contributed by atoms with E-state index in [0.29, 0.717) is 18.5 Å². The molecule has 2 unspecified atom stereocenters. The summed E-state index contributed by atoms with van der Waals surface area (Å²) in [6.07, 6.45) is 19.0. The number of fused-ring (bicyclic) bond motifs is 2. The molecule has 1 aromatic heterocycles. The smallest absolute Gasteiger partial charge is 0.315 e. The minimum absolute atomic E-state index is 0.165. The second-order valence-corrected chi connectivity index (χ2v) is 10.6. The van der Waals surface area contributed by atoms with Gasteiger partial charge >= 0.3 is 5.56 Å². The number of hydrogen-bond acceptors (Lipinski definition) is 4. The first-order chi connectivity index (χ1) is 19.2. The SMILES string of the molecule is C#C.C/C=C\C1=C(C)C2Cn3c(CC(C)CCCCC)nc(=O)c(O)c3CN2CC1.CC.Cc1cccc(C)c1. The molecular formula is C35H53N3O2. The van der Waals surface area contributed by atoms with Crippen LogP contribution in [0.1, 0.15) is 96.3 Å². The van der Waals surface area contributed by atoms with Gasteiger partial charge in [-0.2, -0.15) is 4.98 Å². The van der Waals surface area contributed by atoms with Crippen molar-refractivity contribution in [1.29, 1.82) is 0 Å². The van der Waals surface area contributed by atoms with E-state index in [0.717, 1.165) is 43.9 Å². The van der Waals surface area contributed by atoms with Gasteiger partial charge in [0.25, 0.3) is 0 Å². The third-order valence-electron chi connectivity index (χ3n) is 7.54. The largest absolute Gasteiger partial charge is 0.502 e. The van der Waals surface area contributed by atoms with E-state index in [2.05, 4.69) is 105 Å². The summed E-state index contributed by atoms with van der Waals surface area (Å²) in [5.74, 6) is 1.16. The molecule has 0 saturated heterocycles. The molecule has 5 nitrogen and oxygen atoms in total. The van der Waals surface area contributed by atoms with Crippen LogP contribution in [0.3, 0.4) is 0 Å². The van der Waals surface area contributed by atoms with Crippen molar-refractivity contribution in [2.24, 2.45) is 5.92 Å². The van der Waals surface area contributed by atoms with Gasteiger partial charge in [-0.1, -0.05) is 106 Å². The van der Waals surface area contributed by atoms with Gasteiger partial charge in [0.1, 0.15) is 5.82 Å². The number of nitrogens with zero attached hydrogens (tertiary/aromatic N) is 3. The van der Waals surface area contributed by atoms with Crippen LogP contribution in [0.2, 0.25) is 0 Å². The molecule has 2 aliphatic heterocycles. The number of hydrogen-bond donors (Lipinski definition) is 1. The maximum absolute atomic E-state index is 12.3. The molecule has 3 heterocycles.